The van der Waals surface area contributed by atoms with Gasteiger partial charge in [-0.25, -0.2) is 0 Å². The zero-order chi connectivity index (χ0) is 13.5. The lowest BCUT2D eigenvalue weighted by Crippen LogP contribution is -2.53. The molecule has 0 spiro atoms. The first-order valence-corrected chi connectivity index (χ1v) is 7.60. The summed E-state index contributed by atoms with van der Waals surface area (Å²) in [6.45, 7) is 0.472. The average molecular weight is 264 g/mol. The summed E-state index contributed by atoms with van der Waals surface area (Å²) >= 11 is 0. The summed E-state index contributed by atoms with van der Waals surface area (Å²) in [6, 6.07) is 0. The number of hydrogen-bond donors (Lipinski definition) is 2. The highest BCUT2D eigenvalue weighted by atomic mass is 16.2. The SMILES string of the molecule is CNC(=O)CCNC(=O)C12CC3CC(CC(C3)C1)C2. The third-order valence-electron chi connectivity index (χ3n) is 5.44. The van der Waals surface area contributed by atoms with Crippen molar-refractivity contribution in [3.05, 3.63) is 0 Å². The van der Waals surface area contributed by atoms with Crippen LogP contribution in [0.15, 0.2) is 0 Å². The van der Waals surface area contributed by atoms with Crippen molar-refractivity contribution in [2.24, 2.45) is 23.2 Å². The molecular formula is C15H24N2O2. The number of hydrogen-bond acceptors (Lipinski definition) is 2. The van der Waals surface area contributed by atoms with E-state index < -0.39 is 0 Å². The van der Waals surface area contributed by atoms with E-state index in [1.165, 1.54) is 19.3 Å². The Morgan fingerprint density at radius 2 is 1.58 bits per heavy atom. The summed E-state index contributed by atoms with van der Waals surface area (Å²) in [6.07, 6.45) is 7.70. The number of carbonyl (C=O) groups is 2. The summed E-state index contributed by atoms with van der Waals surface area (Å²) < 4.78 is 0. The molecule has 0 heterocycles. The maximum absolute atomic E-state index is 12.5. The Morgan fingerprint density at radius 3 is 2.05 bits per heavy atom. The van der Waals surface area contributed by atoms with E-state index in [2.05, 4.69) is 10.6 Å². The molecule has 106 valence electrons. The second kappa shape index (κ2) is 4.80. The fourth-order valence-corrected chi connectivity index (χ4v) is 4.99. The van der Waals surface area contributed by atoms with E-state index in [0.29, 0.717) is 13.0 Å². The van der Waals surface area contributed by atoms with Crippen molar-refractivity contribution in [3.63, 3.8) is 0 Å². The molecule has 4 aliphatic carbocycles. The monoisotopic (exact) mass is 264 g/mol. The van der Waals surface area contributed by atoms with Crippen LogP contribution in [0.3, 0.4) is 0 Å². The molecule has 4 bridgehead atoms. The second-order valence-electron chi connectivity index (χ2n) is 6.88. The van der Waals surface area contributed by atoms with Crippen LogP contribution in [0.25, 0.3) is 0 Å². The number of nitrogens with one attached hydrogen (secondary N) is 2. The molecule has 0 radical (unpaired) electrons. The van der Waals surface area contributed by atoms with Gasteiger partial charge < -0.3 is 10.6 Å². The molecule has 2 amide bonds. The van der Waals surface area contributed by atoms with Gasteiger partial charge in [-0.2, -0.15) is 0 Å². The van der Waals surface area contributed by atoms with Crippen molar-refractivity contribution < 1.29 is 9.59 Å². The molecule has 0 saturated heterocycles. The van der Waals surface area contributed by atoms with Crippen LogP contribution < -0.4 is 10.6 Å². The van der Waals surface area contributed by atoms with E-state index in [0.717, 1.165) is 37.0 Å². The zero-order valence-corrected chi connectivity index (χ0v) is 11.7. The Labute approximate surface area is 114 Å². The second-order valence-corrected chi connectivity index (χ2v) is 6.88. The molecule has 4 aliphatic rings. The van der Waals surface area contributed by atoms with E-state index in [1.807, 2.05) is 0 Å². The van der Waals surface area contributed by atoms with Gasteiger partial charge in [-0.3, -0.25) is 9.59 Å². The molecule has 0 aromatic carbocycles. The predicted octanol–water partition coefficient (Wildman–Crippen LogP) is 1.46. The first kappa shape index (κ1) is 12.9. The Morgan fingerprint density at radius 1 is 1.05 bits per heavy atom. The third-order valence-corrected chi connectivity index (χ3v) is 5.44. The van der Waals surface area contributed by atoms with Crippen molar-refractivity contribution in [2.75, 3.05) is 13.6 Å². The molecule has 0 aromatic rings. The fourth-order valence-electron chi connectivity index (χ4n) is 4.99. The predicted molar refractivity (Wildman–Crippen MR) is 72.3 cm³/mol. The Bertz CT molecular complexity index is 356. The van der Waals surface area contributed by atoms with E-state index in [9.17, 15) is 9.59 Å². The number of amides is 2. The Kier molecular flexibility index (Phi) is 3.27. The van der Waals surface area contributed by atoms with Crippen LogP contribution in [0.5, 0.6) is 0 Å². The Balaban J connectivity index is 1.59. The lowest BCUT2D eigenvalue weighted by molar-refractivity contribution is -0.146. The van der Waals surface area contributed by atoms with E-state index >= 15 is 0 Å². The summed E-state index contributed by atoms with van der Waals surface area (Å²) in [5.74, 6) is 2.57. The first-order chi connectivity index (χ1) is 9.11. The van der Waals surface area contributed by atoms with Gasteiger partial charge in [0.2, 0.25) is 11.8 Å². The maximum Gasteiger partial charge on any atom is 0.226 e. The standard InChI is InChI=1S/C15H24N2O2/c1-16-13(18)2-3-17-14(19)15-7-10-4-11(8-15)6-12(5-10)9-15/h10-12H,2-9H2,1H3,(H,16,18)(H,17,19). The first-order valence-electron chi connectivity index (χ1n) is 7.60. The minimum Gasteiger partial charge on any atom is -0.359 e. The summed E-state index contributed by atoms with van der Waals surface area (Å²) in [4.78, 5) is 23.7. The molecule has 0 atom stereocenters. The van der Waals surface area contributed by atoms with Crippen LogP contribution in [0.2, 0.25) is 0 Å². The van der Waals surface area contributed by atoms with Crippen LogP contribution >= 0.6 is 0 Å². The lowest BCUT2D eigenvalue weighted by Gasteiger charge is -2.55. The number of carbonyl (C=O) groups excluding carboxylic acids is 2. The Hall–Kier alpha value is -1.06. The van der Waals surface area contributed by atoms with Crippen LogP contribution in [0, 0.1) is 23.2 Å². The highest BCUT2D eigenvalue weighted by molar-refractivity contribution is 5.84. The summed E-state index contributed by atoms with van der Waals surface area (Å²) in [7, 11) is 1.63. The molecule has 4 rings (SSSR count). The molecule has 0 aliphatic heterocycles. The molecule has 0 aromatic heterocycles. The van der Waals surface area contributed by atoms with Gasteiger partial charge in [0.25, 0.3) is 0 Å². The van der Waals surface area contributed by atoms with Crippen molar-refractivity contribution in [1.82, 2.24) is 10.6 Å². The van der Waals surface area contributed by atoms with Crippen molar-refractivity contribution in [2.45, 2.75) is 44.9 Å². The summed E-state index contributed by atoms with van der Waals surface area (Å²) in [5, 5.41) is 5.59. The number of rotatable bonds is 4. The normalized spacial score (nSPS) is 39.1. The van der Waals surface area contributed by atoms with Gasteiger partial charge in [-0.1, -0.05) is 0 Å². The smallest absolute Gasteiger partial charge is 0.226 e. The minimum atomic E-state index is -0.0859. The quantitative estimate of drug-likeness (QED) is 0.807. The average Bonchev–Trinajstić information content (AvgIpc) is 2.36. The molecular weight excluding hydrogens is 240 g/mol. The van der Waals surface area contributed by atoms with Crippen LogP contribution in [-0.2, 0) is 9.59 Å². The molecule has 4 fully saturated rings. The van der Waals surface area contributed by atoms with Crippen LogP contribution in [0.1, 0.15) is 44.9 Å². The molecule has 4 nitrogen and oxygen atoms in total. The zero-order valence-electron chi connectivity index (χ0n) is 11.7. The topological polar surface area (TPSA) is 58.2 Å². The molecule has 0 unspecified atom stereocenters. The van der Waals surface area contributed by atoms with Crippen LogP contribution in [0.4, 0.5) is 0 Å². The molecule has 4 heteroatoms. The van der Waals surface area contributed by atoms with E-state index in [-0.39, 0.29) is 17.2 Å². The van der Waals surface area contributed by atoms with Gasteiger partial charge in [0, 0.05) is 25.4 Å². The maximum atomic E-state index is 12.5. The van der Waals surface area contributed by atoms with Crippen molar-refractivity contribution in [1.29, 1.82) is 0 Å². The highest BCUT2D eigenvalue weighted by Gasteiger charge is 2.54. The van der Waals surface area contributed by atoms with Gasteiger partial charge >= 0.3 is 0 Å². The van der Waals surface area contributed by atoms with E-state index in [1.54, 1.807) is 7.05 Å². The van der Waals surface area contributed by atoms with E-state index in [4.69, 9.17) is 0 Å². The lowest BCUT2D eigenvalue weighted by atomic mass is 9.49. The van der Waals surface area contributed by atoms with Gasteiger partial charge in [-0.15, -0.1) is 0 Å². The van der Waals surface area contributed by atoms with Gasteiger partial charge in [0.15, 0.2) is 0 Å². The van der Waals surface area contributed by atoms with Crippen molar-refractivity contribution >= 4 is 11.8 Å². The van der Waals surface area contributed by atoms with Crippen molar-refractivity contribution in [3.8, 4) is 0 Å². The fraction of sp³-hybridized carbons (Fsp3) is 0.867. The highest BCUT2D eigenvalue weighted by Crippen LogP contribution is 2.60. The minimum absolute atomic E-state index is 0.00851. The molecule has 4 saturated carbocycles. The third kappa shape index (κ3) is 2.37. The molecule has 2 N–H and O–H groups in total. The van der Waals surface area contributed by atoms with Gasteiger partial charge in [0.1, 0.15) is 0 Å². The molecule has 19 heavy (non-hydrogen) atoms. The van der Waals surface area contributed by atoms with Crippen LogP contribution in [-0.4, -0.2) is 25.4 Å². The largest absolute Gasteiger partial charge is 0.359 e. The van der Waals surface area contributed by atoms with Gasteiger partial charge in [0.05, 0.1) is 0 Å². The van der Waals surface area contributed by atoms with Gasteiger partial charge in [-0.05, 0) is 56.3 Å². The summed E-state index contributed by atoms with van der Waals surface area (Å²) in [5.41, 5.74) is -0.0859.